The van der Waals surface area contributed by atoms with Gasteiger partial charge in [0.1, 0.15) is 0 Å². The smallest absolute Gasteiger partial charge is 0.242 e. The lowest BCUT2D eigenvalue weighted by Gasteiger charge is -2.37. The van der Waals surface area contributed by atoms with Crippen LogP contribution in [-0.4, -0.2) is 60.5 Å². The van der Waals surface area contributed by atoms with E-state index in [0.29, 0.717) is 37.9 Å². The molecule has 2 saturated heterocycles. The van der Waals surface area contributed by atoms with Gasteiger partial charge in [-0.3, -0.25) is 9.59 Å². The van der Waals surface area contributed by atoms with Crippen molar-refractivity contribution in [1.82, 2.24) is 9.80 Å². The molecule has 2 N–H and O–H groups in total. The number of carbonyl (C=O) groups is 2. The Balaban J connectivity index is 0.00000243. The monoisotopic (exact) mass is 401 g/mol. The summed E-state index contributed by atoms with van der Waals surface area (Å²) in [5.41, 5.74) is 7.18. The highest BCUT2D eigenvalue weighted by atomic mass is 35.5. The molecular weight excluding hydrogens is 377 g/mol. The summed E-state index contributed by atoms with van der Waals surface area (Å²) in [4.78, 5) is 28.4. The molecule has 1 unspecified atom stereocenters. The highest BCUT2D eigenvalue weighted by molar-refractivity contribution is 6.30. The minimum absolute atomic E-state index is 0. The Hall–Kier alpha value is -1.34. The SMILES string of the molecule is Cl.NC(C(=O)N1CCN(Cc2ccc(Cl)cc2)C(=O)C1)C1CCOCC1. The fourth-order valence-corrected chi connectivity index (χ4v) is 3.49. The van der Waals surface area contributed by atoms with Gasteiger partial charge in [-0.15, -0.1) is 12.4 Å². The lowest BCUT2D eigenvalue weighted by atomic mass is 9.91. The van der Waals surface area contributed by atoms with Crippen LogP contribution < -0.4 is 5.73 Å². The van der Waals surface area contributed by atoms with Crippen LogP contribution in [0.4, 0.5) is 0 Å². The zero-order valence-corrected chi connectivity index (χ0v) is 16.2. The van der Waals surface area contributed by atoms with Gasteiger partial charge in [0.2, 0.25) is 11.8 Å². The molecule has 0 aromatic heterocycles. The summed E-state index contributed by atoms with van der Waals surface area (Å²) < 4.78 is 5.32. The van der Waals surface area contributed by atoms with Gasteiger partial charge in [0.15, 0.2) is 0 Å². The predicted molar refractivity (Wildman–Crippen MR) is 102 cm³/mol. The summed E-state index contributed by atoms with van der Waals surface area (Å²) in [6.07, 6.45) is 1.61. The van der Waals surface area contributed by atoms with Crippen molar-refractivity contribution in [3.05, 3.63) is 34.9 Å². The molecule has 0 radical (unpaired) electrons. The van der Waals surface area contributed by atoms with E-state index < -0.39 is 6.04 Å². The lowest BCUT2D eigenvalue weighted by Crippen LogP contribution is -2.57. The van der Waals surface area contributed by atoms with Crippen molar-refractivity contribution in [2.75, 3.05) is 32.8 Å². The van der Waals surface area contributed by atoms with Crippen molar-refractivity contribution < 1.29 is 14.3 Å². The standard InChI is InChI=1S/C18H24ClN3O3.ClH/c19-15-3-1-13(2-4-15)11-21-7-8-22(12-16(21)23)18(24)17(20)14-5-9-25-10-6-14;/h1-4,14,17H,5-12,20H2;1H. The van der Waals surface area contributed by atoms with Crippen LogP contribution in [0.15, 0.2) is 24.3 Å². The number of hydrogen-bond acceptors (Lipinski definition) is 4. The highest BCUT2D eigenvalue weighted by Crippen LogP contribution is 2.20. The second-order valence-electron chi connectivity index (χ2n) is 6.68. The van der Waals surface area contributed by atoms with E-state index in [4.69, 9.17) is 22.1 Å². The third-order valence-corrected chi connectivity index (χ3v) is 5.23. The van der Waals surface area contributed by atoms with Crippen molar-refractivity contribution in [1.29, 1.82) is 0 Å². The Morgan fingerprint density at radius 2 is 1.88 bits per heavy atom. The van der Waals surface area contributed by atoms with E-state index >= 15 is 0 Å². The third-order valence-electron chi connectivity index (χ3n) is 4.98. The number of carbonyl (C=O) groups excluding carboxylic acids is 2. The van der Waals surface area contributed by atoms with Gasteiger partial charge in [0.05, 0.1) is 12.6 Å². The number of hydrogen-bond donors (Lipinski definition) is 1. The van der Waals surface area contributed by atoms with Crippen molar-refractivity contribution in [3.63, 3.8) is 0 Å². The second-order valence-corrected chi connectivity index (χ2v) is 7.11. The normalized spacial score (nSPS) is 19.8. The summed E-state index contributed by atoms with van der Waals surface area (Å²) >= 11 is 5.89. The van der Waals surface area contributed by atoms with Crippen LogP contribution in [0.1, 0.15) is 18.4 Å². The fourth-order valence-electron chi connectivity index (χ4n) is 3.36. The molecule has 3 rings (SSSR count). The van der Waals surface area contributed by atoms with E-state index in [2.05, 4.69) is 0 Å². The number of ether oxygens (including phenoxy) is 1. The molecule has 0 aliphatic carbocycles. The number of rotatable bonds is 4. The summed E-state index contributed by atoms with van der Waals surface area (Å²) in [6.45, 7) is 2.98. The zero-order chi connectivity index (χ0) is 17.8. The Kier molecular flexibility index (Phi) is 7.70. The molecule has 144 valence electrons. The van der Waals surface area contributed by atoms with Gasteiger partial charge in [-0.2, -0.15) is 0 Å². The van der Waals surface area contributed by atoms with Gasteiger partial charge >= 0.3 is 0 Å². The molecular formula is C18H25Cl2N3O3. The first-order chi connectivity index (χ1) is 12.0. The first-order valence-electron chi connectivity index (χ1n) is 8.69. The largest absolute Gasteiger partial charge is 0.381 e. The number of benzene rings is 1. The quantitative estimate of drug-likeness (QED) is 0.832. The second kappa shape index (κ2) is 9.55. The van der Waals surface area contributed by atoms with Crippen molar-refractivity contribution in [2.24, 2.45) is 11.7 Å². The fraction of sp³-hybridized carbons (Fsp3) is 0.556. The number of halogens is 2. The number of amides is 2. The number of nitrogens with two attached hydrogens (primary N) is 1. The van der Waals surface area contributed by atoms with Gasteiger partial charge in [-0.05, 0) is 36.5 Å². The van der Waals surface area contributed by atoms with Crippen LogP contribution in [-0.2, 0) is 20.9 Å². The molecule has 2 aliphatic heterocycles. The average molecular weight is 402 g/mol. The molecule has 6 nitrogen and oxygen atoms in total. The topological polar surface area (TPSA) is 75.9 Å². The van der Waals surface area contributed by atoms with E-state index in [1.54, 1.807) is 9.80 Å². The van der Waals surface area contributed by atoms with E-state index in [0.717, 1.165) is 18.4 Å². The molecule has 26 heavy (non-hydrogen) atoms. The molecule has 2 aliphatic rings. The molecule has 2 fully saturated rings. The van der Waals surface area contributed by atoms with Crippen LogP contribution in [0.3, 0.4) is 0 Å². The molecule has 2 heterocycles. The highest BCUT2D eigenvalue weighted by Gasteiger charge is 2.33. The summed E-state index contributed by atoms with van der Waals surface area (Å²) in [5, 5.41) is 0.674. The molecule has 0 saturated carbocycles. The van der Waals surface area contributed by atoms with Gasteiger partial charge in [0, 0.05) is 37.9 Å². The molecule has 0 spiro atoms. The van der Waals surface area contributed by atoms with Crippen LogP contribution >= 0.6 is 24.0 Å². The third kappa shape index (κ3) is 5.10. The minimum atomic E-state index is -0.542. The van der Waals surface area contributed by atoms with Crippen LogP contribution in [0.5, 0.6) is 0 Å². The Morgan fingerprint density at radius 1 is 1.23 bits per heavy atom. The molecule has 1 aromatic rings. The maximum atomic E-state index is 12.6. The van der Waals surface area contributed by atoms with Gasteiger partial charge in [-0.25, -0.2) is 0 Å². The molecule has 0 bridgehead atoms. The Bertz CT molecular complexity index is 621. The summed E-state index contributed by atoms with van der Waals surface area (Å²) in [7, 11) is 0. The van der Waals surface area contributed by atoms with Crippen LogP contribution in [0.25, 0.3) is 0 Å². The van der Waals surface area contributed by atoms with Crippen molar-refractivity contribution >= 4 is 35.8 Å². The molecule has 8 heteroatoms. The number of piperazine rings is 1. The minimum Gasteiger partial charge on any atom is -0.381 e. The maximum absolute atomic E-state index is 12.6. The summed E-state index contributed by atoms with van der Waals surface area (Å²) in [6, 6.07) is 6.91. The van der Waals surface area contributed by atoms with Crippen LogP contribution in [0, 0.1) is 5.92 Å². The number of nitrogens with zero attached hydrogens (tertiary/aromatic N) is 2. The van der Waals surface area contributed by atoms with Crippen LogP contribution in [0.2, 0.25) is 5.02 Å². The van der Waals surface area contributed by atoms with Crippen molar-refractivity contribution in [2.45, 2.75) is 25.4 Å². The van der Waals surface area contributed by atoms with E-state index in [-0.39, 0.29) is 36.7 Å². The van der Waals surface area contributed by atoms with Gasteiger partial charge in [0.25, 0.3) is 0 Å². The van der Waals surface area contributed by atoms with Gasteiger partial charge < -0.3 is 20.3 Å². The molecule has 1 atom stereocenters. The van der Waals surface area contributed by atoms with Crippen molar-refractivity contribution in [3.8, 4) is 0 Å². The zero-order valence-electron chi connectivity index (χ0n) is 14.6. The molecule has 1 aromatic carbocycles. The first-order valence-corrected chi connectivity index (χ1v) is 9.06. The Labute approximate surface area is 165 Å². The predicted octanol–water partition coefficient (Wildman–Crippen LogP) is 1.69. The van der Waals surface area contributed by atoms with E-state index in [1.807, 2.05) is 24.3 Å². The Morgan fingerprint density at radius 3 is 2.50 bits per heavy atom. The van der Waals surface area contributed by atoms with E-state index in [1.165, 1.54) is 0 Å². The summed E-state index contributed by atoms with van der Waals surface area (Å²) in [5.74, 6) is -0.0245. The first kappa shape index (κ1) is 21.0. The van der Waals surface area contributed by atoms with Gasteiger partial charge in [-0.1, -0.05) is 23.7 Å². The molecule has 2 amide bonds. The lowest BCUT2D eigenvalue weighted by molar-refractivity contribution is -0.147. The maximum Gasteiger partial charge on any atom is 0.242 e. The van der Waals surface area contributed by atoms with E-state index in [9.17, 15) is 9.59 Å². The average Bonchev–Trinajstić information content (AvgIpc) is 2.64.